The third-order valence-corrected chi connectivity index (χ3v) is 6.47. The number of hydrogen-bond acceptors (Lipinski definition) is 10. The number of carbonyl (C=O) groups excluding carboxylic acids is 1. The molecule has 0 aromatic carbocycles. The summed E-state index contributed by atoms with van der Waals surface area (Å²) in [6.07, 6.45) is 9.34. The summed E-state index contributed by atoms with van der Waals surface area (Å²) in [5.41, 5.74) is 1.61. The summed E-state index contributed by atoms with van der Waals surface area (Å²) in [6.45, 7) is 7.11. The molecule has 3 rings (SSSR count). The van der Waals surface area contributed by atoms with Gasteiger partial charge < -0.3 is 26.0 Å². The van der Waals surface area contributed by atoms with Crippen molar-refractivity contribution in [2.75, 3.05) is 44.4 Å². The van der Waals surface area contributed by atoms with Crippen LogP contribution in [0.4, 0.5) is 16.2 Å². The van der Waals surface area contributed by atoms with E-state index in [1.807, 2.05) is 39.8 Å². The van der Waals surface area contributed by atoms with Crippen LogP contribution in [0.25, 0.3) is 11.0 Å². The maximum absolute atomic E-state index is 15.0. The van der Waals surface area contributed by atoms with Crippen LogP contribution in [0.2, 0.25) is 0 Å². The number of fused-ring (bicyclic) bond motifs is 1. The first-order valence-corrected chi connectivity index (χ1v) is 12.7. The van der Waals surface area contributed by atoms with Crippen molar-refractivity contribution in [2.24, 2.45) is 5.41 Å². The van der Waals surface area contributed by atoms with E-state index in [4.69, 9.17) is 5.41 Å². The summed E-state index contributed by atoms with van der Waals surface area (Å²) < 4.78 is 15.0. The number of rotatable bonds is 11. The molecule has 2 aromatic rings. The number of aliphatic hydroxyl groups excluding tert-OH is 1. The van der Waals surface area contributed by atoms with Crippen LogP contribution in [0, 0.1) is 10.8 Å². The molecule has 39 heavy (non-hydrogen) atoms. The molecule has 2 heterocycles. The Morgan fingerprint density at radius 1 is 1.26 bits per heavy atom. The molecular weight excluding hydrogens is 501 g/mol. The minimum atomic E-state index is -0.592. The lowest BCUT2D eigenvalue weighted by atomic mass is 9.81. The number of aromatic nitrogens is 4. The van der Waals surface area contributed by atoms with Crippen molar-refractivity contribution < 1.29 is 14.3 Å². The quantitative estimate of drug-likeness (QED) is 0.215. The van der Waals surface area contributed by atoms with Crippen molar-refractivity contribution in [3.63, 3.8) is 0 Å². The zero-order chi connectivity index (χ0) is 28.6. The van der Waals surface area contributed by atoms with Crippen LogP contribution in [0.15, 0.2) is 59.5 Å². The van der Waals surface area contributed by atoms with Gasteiger partial charge in [-0.15, -0.1) is 0 Å². The van der Waals surface area contributed by atoms with Crippen LogP contribution >= 0.6 is 0 Å². The lowest BCUT2D eigenvalue weighted by molar-refractivity contribution is -0.116. The fourth-order valence-corrected chi connectivity index (χ4v) is 3.56. The molecule has 1 amide bonds. The molecule has 0 atom stereocenters. The topological polar surface area (TPSA) is 152 Å². The molecule has 0 spiro atoms. The van der Waals surface area contributed by atoms with Gasteiger partial charge in [-0.25, -0.2) is 24.3 Å². The van der Waals surface area contributed by atoms with Crippen molar-refractivity contribution in [1.82, 2.24) is 30.2 Å². The highest BCUT2D eigenvalue weighted by Gasteiger charge is 2.22. The number of nitrogens with zero attached hydrogens (tertiary/aromatic N) is 5. The van der Waals surface area contributed by atoms with Crippen LogP contribution < -0.4 is 16.0 Å². The lowest BCUT2D eigenvalue weighted by Gasteiger charge is -2.25. The number of allylic oxidation sites excluding steroid dienone is 4. The van der Waals surface area contributed by atoms with Crippen molar-refractivity contribution >= 4 is 34.5 Å². The SMILES string of the molecule is CCC(C)(C)/C(=C/C(=N)NC(=O)C1=CC=C(F)C(Nc2ncnc3cnc(NCCN(C)C)nc23)=CC1)CO. The lowest BCUT2D eigenvalue weighted by Crippen LogP contribution is -2.31. The third kappa shape index (κ3) is 7.98. The summed E-state index contributed by atoms with van der Waals surface area (Å²) in [4.78, 5) is 32.0. The molecule has 0 unspecified atom stereocenters. The largest absolute Gasteiger partial charge is 0.392 e. The summed E-state index contributed by atoms with van der Waals surface area (Å²) >= 11 is 0. The van der Waals surface area contributed by atoms with E-state index in [0.717, 1.165) is 13.0 Å². The Morgan fingerprint density at radius 2 is 2.03 bits per heavy atom. The minimum absolute atomic E-state index is 0.109. The number of anilines is 2. The molecule has 1 aliphatic carbocycles. The molecule has 0 saturated heterocycles. The molecule has 1 aliphatic rings. The van der Waals surface area contributed by atoms with Crippen LogP contribution in [-0.4, -0.2) is 75.5 Å². The molecule has 0 radical (unpaired) electrons. The first-order chi connectivity index (χ1) is 18.5. The van der Waals surface area contributed by atoms with Gasteiger partial charge in [0.15, 0.2) is 5.82 Å². The number of likely N-dealkylation sites (N-methyl/N-ethyl adjacent to an activating group) is 1. The predicted octanol–water partition coefficient (Wildman–Crippen LogP) is 3.32. The Balaban J connectivity index is 1.74. The van der Waals surface area contributed by atoms with E-state index < -0.39 is 11.7 Å². The van der Waals surface area contributed by atoms with Gasteiger partial charge in [-0.05, 0) is 50.1 Å². The van der Waals surface area contributed by atoms with Gasteiger partial charge in [-0.3, -0.25) is 10.2 Å². The van der Waals surface area contributed by atoms with Gasteiger partial charge >= 0.3 is 0 Å². The second-order valence-corrected chi connectivity index (χ2v) is 9.97. The molecule has 0 bridgehead atoms. The van der Waals surface area contributed by atoms with Crippen LogP contribution in [0.5, 0.6) is 0 Å². The Labute approximate surface area is 227 Å². The van der Waals surface area contributed by atoms with Crippen LogP contribution in [0.3, 0.4) is 0 Å². The molecule has 0 aliphatic heterocycles. The normalized spacial score (nSPS) is 14.4. The molecule has 12 heteroatoms. The van der Waals surface area contributed by atoms with Crippen molar-refractivity contribution in [1.29, 1.82) is 5.41 Å². The second-order valence-electron chi connectivity index (χ2n) is 9.97. The number of aliphatic hydroxyl groups is 1. The van der Waals surface area contributed by atoms with Crippen LogP contribution in [0.1, 0.15) is 33.6 Å². The summed E-state index contributed by atoms with van der Waals surface area (Å²) in [5, 5.41) is 26.5. The number of nitrogens with one attached hydrogen (secondary N) is 4. The number of carbonyl (C=O) groups is 1. The smallest absolute Gasteiger partial charge is 0.253 e. The van der Waals surface area contributed by atoms with E-state index in [-0.39, 0.29) is 35.5 Å². The van der Waals surface area contributed by atoms with Crippen molar-refractivity contribution in [2.45, 2.75) is 33.6 Å². The summed E-state index contributed by atoms with van der Waals surface area (Å²) in [5.74, 6) is -0.576. The van der Waals surface area contributed by atoms with Gasteiger partial charge in [-0.2, -0.15) is 0 Å². The second kappa shape index (κ2) is 13.2. The molecule has 208 valence electrons. The number of hydrogen-bond donors (Lipinski definition) is 5. The highest BCUT2D eigenvalue weighted by molar-refractivity contribution is 6.09. The highest BCUT2D eigenvalue weighted by Crippen LogP contribution is 2.29. The van der Waals surface area contributed by atoms with E-state index in [1.54, 1.807) is 6.20 Å². The maximum Gasteiger partial charge on any atom is 0.253 e. The molecule has 5 N–H and O–H groups in total. The number of amides is 1. The first-order valence-electron chi connectivity index (χ1n) is 12.7. The van der Waals surface area contributed by atoms with Gasteiger partial charge in [-0.1, -0.05) is 32.9 Å². The van der Waals surface area contributed by atoms with Gasteiger partial charge in [0.1, 0.15) is 29.0 Å². The maximum atomic E-state index is 15.0. The van der Waals surface area contributed by atoms with E-state index in [9.17, 15) is 14.3 Å². The predicted molar refractivity (Wildman–Crippen MR) is 151 cm³/mol. The Hall–Kier alpha value is -4.03. The highest BCUT2D eigenvalue weighted by atomic mass is 19.1. The van der Waals surface area contributed by atoms with Crippen molar-refractivity contribution in [3.8, 4) is 0 Å². The summed E-state index contributed by atoms with van der Waals surface area (Å²) in [7, 11) is 3.93. The first kappa shape index (κ1) is 29.5. The fraction of sp³-hybridized carbons (Fsp3) is 0.407. The molecular formula is C27H36FN9O2. The van der Waals surface area contributed by atoms with E-state index in [2.05, 4.69) is 35.9 Å². The minimum Gasteiger partial charge on any atom is -0.392 e. The Kier molecular flexibility index (Phi) is 9.96. The van der Waals surface area contributed by atoms with Crippen LogP contribution in [-0.2, 0) is 4.79 Å². The van der Waals surface area contributed by atoms with E-state index >= 15 is 0 Å². The van der Waals surface area contributed by atoms with Gasteiger partial charge in [0.2, 0.25) is 5.95 Å². The summed E-state index contributed by atoms with van der Waals surface area (Å²) in [6, 6.07) is 0. The fourth-order valence-electron chi connectivity index (χ4n) is 3.56. The monoisotopic (exact) mass is 537 g/mol. The van der Waals surface area contributed by atoms with E-state index in [1.165, 1.54) is 30.6 Å². The van der Waals surface area contributed by atoms with Gasteiger partial charge in [0, 0.05) is 18.7 Å². The zero-order valence-corrected chi connectivity index (χ0v) is 23.0. The van der Waals surface area contributed by atoms with Crippen molar-refractivity contribution in [3.05, 3.63) is 59.5 Å². The Morgan fingerprint density at radius 3 is 2.72 bits per heavy atom. The average molecular weight is 538 g/mol. The molecule has 11 nitrogen and oxygen atoms in total. The number of amidine groups is 1. The standard InChI is InChI=1S/C27H36FN9O2/c1-6-27(2,3)18(15-38)13-22(29)35-25(39)17-7-9-19(28)20(10-8-17)34-24-23-21(32-16-33-24)14-31-26(36-23)30-11-12-37(4)5/h7,9-10,13-14,16,38H,6,8,11-12,15H2,1-5H3,(H2,29,35,39)(H,30,31,36)(H,32,33,34)/b18-13+. The molecule has 0 saturated carbocycles. The molecule has 0 fully saturated rings. The van der Waals surface area contributed by atoms with Gasteiger partial charge in [0.05, 0.1) is 18.5 Å². The average Bonchev–Trinajstić information content (AvgIpc) is 3.08. The third-order valence-electron chi connectivity index (χ3n) is 6.47. The Bertz CT molecular complexity index is 1350. The van der Waals surface area contributed by atoms with E-state index in [0.29, 0.717) is 34.9 Å². The molecule has 2 aromatic heterocycles. The van der Waals surface area contributed by atoms with Gasteiger partial charge in [0.25, 0.3) is 5.91 Å². The zero-order valence-electron chi connectivity index (χ0n) is 23.0. The number of halogens is 1.